The molecule has 2 heterocycles. The van der Waals surface area contributed by atoms with Crippen LogP contribution >= 0.6 is 11.8 Å². The molecule has 1 N–H and O–H groups in total. The van der Waals surface area contributed by atoms with Crippen molar-refractivity contribution >= 4 is 29.3 Å². The summed E-state index contributed by atoms with van der Waals surface area (Å²) in [5, 5.41) is 11.9. The molecule has 33 heavy (non-hydrogen) atoms. The monoisotopic (exact) mass is 467 g/mol. The first kappa shape index (κ1) is 23.0. The van der Waals surface area contributed by atoms with Crippen LogP contribution < -0.4 is 5.32 Å². The third-order valence-corrected chi connectivity index (χ3v) is 6.70. The van der Waals surface area contributed by atoms with E-state index < -0.39 is 5.82 Å². The van der Waals surface area contributed by atoms with E-state index in [0.29, 0.717) is 23.8 Å². The van der Waals surface area contributed by atoms with Crippen molar-refractivity contribution in [2.24, 2.45) is 0 Å². The van der Waals surface area contributed by atoms with Gasteiger partial charge in [0.15, 0.2) is 11.0 Å². The number of hydrogen-bond donors (Lipinski definition) is 1. The maximum Gasteiger partial charge on any atom is 0.254 e. The lowest BCUT2D eigenvalue weighted by atomic mass is 10.1. The predicted molar refractivity (Wildman–Crippen MR) is 126 cm³/mol. The molecule has 0 aliphatic carbocycles. The van der Waals surface area contributed by atoms with E-state index in [1.807, 2.05) is 47.6 Å². The minimum absolute atomic E-state index is 0.000258. The molecule has 2 amide bonds. The molecule has 0 saturated carbocycles. The summed E-state index contributed by atoms with van der Waals surface area (Å²) in [7, 11) is 0. The Kier molecular flexibility index (Phi) is 7.08. The highest BCUT2D eigenvalue weighted by Gasteiger charge is 2.35. The van der Waals surface area contributed by atoms with Gasteiger partial charge in [-0.05, 0) is 50.5 Å². The lowest BCUT2D eigenvalue weighted by Crippen LogP contribution is -2.32. The van der Waals surface area contributed by atoms with Gasteiger partial charge in [0.05, 0.1) is 17.5 Å². The molecule has 0 spiro atoms. The fourth-order valence-electron chi connectivity index (χ4n) is 4.08. The molecule has 172 valence electrons. The normalized spacial score (nSPS) is 15.6. The number of carbonyl (C=O) groups is 2. The summed E-state index contributed by atoms with van der Waals surface area (Å²) in [5.74, 6) is 0.000836. The zero-order chi connectivity index (χ0) is 23.4. The maximum absolute atomic E-state index is 13.8. The van der Waals surface area contributed by atoms with E-state index in [1.165, 1.54) is 23.9 Å². The van der Waals surface area contributed by atoms with Gasteiger partial charge >= 0.3 is 0 Å². The van der Waals surface area contributed by atoms with Crippen LogP contribution in [0.4, 0.5) is 10.1 Å². The van der Waals surface area contributed by atoms with Crippen molar-refractivity contribution in [3.63, 3.8) is 0 Å². The first-order valence-corrected chi connectivity index (χ1v) is 11.9. The highest BCUT2D eigenvalue weighted by atomic mass is 32.2. The SMILES string of the molecule is CCn1c(SCC(=O)Nc2ccccc2F)nnc1C1CCCN1C(=O)c1ccccc1C. The number of carbonyl (C=O) groups excluding carboxylic acids is 2. The number of thioether (sulfide) groups is 1. The van der Waals surface area contributed by atoms with Crippen molar-refractivity contribution in [2.45, 2.75) is 44.4 Å². The van der Waals surface area contributed by atoms with E-state index in [4.69, 9.17) is 0 Å². The molecular weight excluding hydrogens is 441 g/mol. The molecule has 9 heteroatoms. The molecule has 1 saturated heterocycles. The number of amides is 2. The van der Waals surface area contributed by atoms with E-state index in [0.717, 1.165) is 24.2 Å². The third kappa shape index (κ3) is 4.93. The summed E-state index contributed by atoms with van der Waals surface area (Å²) in [6.07, 6.45) is 1.71. The van der Waals surface area contributed by atoms with Crippen LogP contribution in [0.2, 0.25) is 0 Å². The first-order chi connectivity index (χ1) is 16.0. The van der Waals surface area contributed by atoms with Gasteiger partial charge in [-0.3, -0.25) is 9.59 Å². The van der Waals surface area contributed by atoms with E-state index in [9.17, 15) is 14.0 Å². The van der Waals surface area contributed by atoms with Gasteiger partial charge in [-0.2, -0.15) is 0 Å². The molecule has 1 atom stereocenters. The fraction of sp³-hybridized carbons (Fsp3) is 0.333. The number of nitrogens with zero attached hydrogens (tertiary/aromatic N) is 4. The van der Waals surface area contributed by atoms with E-state index >= 15 is 0 Å². The van der Waals surface area contributed by atoms with Crippen molar-refractivity contribution in [3.8, 4) is 0 Å². The van der Waals surface area contributed by atoms with Crippen LogP contribution in [0.3, 0.4) is 0 Å². The molecule has 1 fully saturated rings. The maximum atomic E-state index is 13.8. The minimum atomic E-state index is -0.477. The number of halogens is 1. The number of aryl methyl sites for hydroxylation is 1. The third-order valence-electron chi connectivity index (χ3n) is 5.73. The molecule has 0 radical (unpaired) electrons. The molecule has 3 aromatic rings. The minimum Gasteiger partial charge on any atom is -0.328 e. The van der Waals surface area contributed by atoms with Gasteiger partial charge in [0.25, 0.3) is 5.91 Å². The Morgan fingerprint density at radius 2 is 1.91 bits per heavy atom. The lowest BCUT2D eigenvalue weighted by Gasteiger charge is -2.25. The second kappa shape index (κ2) is 10.2. The topological polar surface area (TPSA) is 80.1 Å². The largest absolute Gasteiger partial charge is 0.328 e. The number of rotatable bonds is 7. The van der Waals surface area contributed by atoms with Crippen molar-refractivity contribution in [2.75, 3.05) is 17.6 Å². The number of para-hydroxylation sites is 1. The Bertz CT molecular complexity index is 1170. The lowest BCUT2D eigenvalue weighted by molar-refractivity contribution is -0.113. The molecule has 7 nitrogen and oxygen atoms in total. The Labute approximate surface area is 196 Å². The van der Waals surface area contributed by atoms with Crippen LogP contribution in [0, 0.1) is 12.7 Å². The highest BCUT2D eigenvalue weighted by Crippen LogP contribution is 2.34. The van der Waals surface area contributed by atoms with E-state index in [1.54, 1.807) is 12.1 Å². The second-order valence-electron chi connectivity index (χ2n) is 7.87. The van der Waals surface area contributed by atoms with Crippen LogP contribution in [-0.2, 0) is 11.3 Å². The summed E-state index contributed by atoms with van der Waals surface area (Å²) in [4.78, 5) is 27.4. The van der Waals surface area contributed by atoms with Gasteiger partial charge in [0, 0.05) is 18.7 Å². The molecule has 4 rings (SSSR count). The van der Waals surface area contributed by atoms with Gasteiger partial charge in [-0.1, -0.05) is 42.1 Å². The van der Waals surface area contributed by atoms with Gasteiger partial charge in [-0.15, -0.1) is 10.2 Å². The summed E-state index contributed by atoms with van der Waals surface area (Å²) >= 11 is 1.24. The fourth-order valence-corrected chi connectivity index (χ4v) is 4.88. The molecule has 2 aromatic carbocycles. The van der Waals surface area contributed by atoms with Gasteiger partial charge in [0.1, 0.15) is 5.82 Å². The smallest absolute Gasteiger partial charge is 0.254 e. The Morgan fingerprint density at radius 1 is 1.15 bits per heavy atom. The molecule has 1 aromatic heterocycles. The van der Waals surface area contributed by atoms with Gasteiger partial charge < -0.3 is 14.8 Å². The van der Waals surface area contributed by atoms with Crippen LogP contribution in [0.15, 0.2) is 53.7 Å². The zero-order valence-corrected chi connectivity index (χ0v) is 19.4. The summed E-state index contributed by atoms with van der Waals surface area (Å²) in [6.45, 7) is 5.21. The number of anilines is 1. The highest BCUT2D eigenvalue weighted by molar-refractivity contribution is 7.99. The average Bonchev–Trinajstić information content (AvgIpc) is 3.45. The molecule has 1 unspecified atom stereocenters. The standard InChI is InChI=1S/C24H26FN5O2S/c1-3-29-22(20-13-8-14-30(20)23(32)17-10-5-4-9-16(17)2)27-28-24(29)33-15-21(31)26-19-12-7-6-11-18(19)25/h4-7,9-12,20H,3,8,13-15H2,1-2H3,(H,26,31). The number of hydrogen-bond acceptors (Lipinski definition) is 5. The number of aromatic nitrogens is 3. The van der Waals surface area contributed by atoms with E-state index in [2.05, 4.69) is 15.5 Å². The van der Waals surface area contributed by atoms with Gasteiger partial charge in [0.2, 0.25) is 5.91 Å². The van der Waals surface area contributed by atoms with Crippen LogP contribution in [0.5, 0.6) is 0 Å². The Morgan fingerprint density at radius 3 is 2.67 bits per heavy atom. The van der Waals surface area contributed by atoms with Gasteiger partial charge in [-0.25, -0.2) is 4.39 Å². The first-order valence-electron chi connectivity index (χ1n) is 11.0. The van der Waals surface area contributed by atoms with Crippen molar-refractivity contribution < 1.29 is 14.0 Å². The number of benzene rings is 2. The van der Waals surface area contributed by atoms with Crippen LogP contribution in [0.25, 0.3) is 0 Å². The van der Waals surface area contributed by atoms with Crippen LogP contribution in [0.1, 0.15) is 47.6 Å². The molecular formula is C24H26FN5O2S. The van der Waals surface area contributed by atoms with Crippen molar-refractivity contribution in [1.29, 1.82) is 0 Å². The Balaban J connectivity index is 1.47. The van der Waals surface area contributed by atoms with Crippen LogP contribution in [-0.4, -0.2) is 43.8 Å². The Hall–Kier alpha value is -3.20. The number of nitrogens with one attached hydrogen (secondary N) is 1. The predicted octanol–water partition coefficient (Wildman–Crippen LogP) is 4.45. The zero-order valence-electron chi connectivity index (χ0n) is 18.6. The molecule has 0 bridgehead atoms. The molecule has 1 aliphatic rings. The summed E-state index contributed by atoms with van der Waals surface area (Å²) in [5.41, 5.74) is 1.80. The average molecular weight is 468 g/mol. The van der Waals surface area contributed by atoms with Crippen molar-refractivity contribution in [3.05, 3.63) is 71.3 Å². The summed E-state index contributed by atoms with van der Waals surface area (Å²) < 4.78 is 15.7. The number of likely N-dealkylation sites (tertiary alicyclic amines) is 1. The quantitative estimate of drug-likeness (QED) is 0.519. The van der Waals surface area contributed by atoms with Crippen molar-refractivity contribution in [1.82, 2.24) is 19.7 Å². The molecule has 1 aliphatic heterocycles. The van der Waals surface area contributed by atoms with E-state index in [-0.39, 0.29) is 29.3 Å². The second-order valence-corrected chi connectivity index (χ2v) is 8.82. The summed E-state index contributed by atoms with van der Waals surface area (Å²) in [6, 6.07) is 13.5.